The van der Waals surface area contributed by atoms with Gasteiger partial charge in [-0.1, -0.05) is 29.8 Å². The van der Waals surface area contributed by atoms with Crippen LogP contribution in [0.25, 0.3) is 0 Å². The van der Waals surface area contributed by atoms with E-state index in [1.807, 2.05) is 19.9 Å². The van der Waals surface area contributed by atoms with E-state index in [2.05, 4.69) is 10.0 Å². The minimum Gasteiger partial charge on any atom is -0.495 e. The van der Waals surface area contributed by atoms with E-state index in [4.69, 9.17) is 4.74 Å². The fourth-order valence-electron chi connectivity index (χ4n) is 3.59. The number of aryl methyl sites for hydroxylation is 2. The summed E-state index contributed by atoms with van der Waals surface area (Å²) in [5.41, 5.74) is 2.13. The van der Waals surface area contributed by atoms with Gasteiger partial charge in [-0.2, -0.15) is 0 Å². The molecule has 0 radical (unpaired) electrons. The number of ether oxygens (including phenoxy) is 1. The monoisotopic (exact) mass is 545 g/mol. The van der Waals surface area contributed by atoms with Gasteiger partial charge in [-0.05, 0) is 75.7 Å². The van der Waals surface area contributed by atoms with Crippen LogP contribution < -0.4 is 19.1 Å². The van der Waals surface area contributed by atoms with Crippen LogP contribution in [-0.2, 0) is 24.8 Å². The average Bonchev–Trinajstić information content (AvgIpc) is 2.82. The molecule has 0 aliphatic carbocycles. The molecular weight excluding hydrogens is 514 g/mol. The molecule has 0 saturated carbocycles. The Morgan fingerprint density at radius 1 is 0.892 bits per heavy atom. The fourth-order valence-corrected chi connectivity index (χ4v) is 6.28. The maximum Gasteiger partial charge on any atom is 0.264 e. The zero-order valence-corrected chi connectivity index (χ0v) is 23.0. The Hall–Kier alpha value is -3.41. The summed E-state index contributed by atoms with van der Waals surface area (Å²) in [6, 6.07) is 16.9. The second kappa shape index (κ2) is 11.3. The molecule has 1 amide bonds. The highest BCUT2D eigenvalue weighted by Gasteiger charge is 2.28. The summed E-state index contributed by atoms with van der Waals surface area (Å²) in [5, 5.41) is 2.61. The van der Waals surface area contributed by atoms with Gasteiger partial charge >= 0.3 is 0 Å². The van der Waals surface area contributed by atoms with Crippen molar-refractivity contribution in [2.24, 2.45) is 0 Å². The molecule has 198 valence electrons. The summed E-state index contributed by atoms with van der Waals surface area (Å²) in [4.78, 5) is 13.2. The third kappa shape index (κ3) is 6.88. The number of sulfonamides is 2. The van der Waals surface area contributed by atoms with Crippen LogP contribution in [0, 0.1) is 13.8 Å². The lowest BCUT2D eigenvalue weighted by Gasteiger charge is -2.25. The standard InChI is InChI=1S/C26H31N3O6S2/c1-18(2)28-36(31,32)23-13-14-25(35-5)24(16-23)27-26(30)17-29(21-8-6-7-20(4)15-21)37(33,34)22-11-9-19(3)10-12-22/h6-16,18,28H,17H2,1-5H3,(H,27,30). The molecule has 0 aliphatic rings. The van der Waals surface area contributed by atoms with Gasteiger partial charge in [-0.15, -0.1) is 0 Å². The van der Waals surface area contributed by atoms with E-state index >= 15 is 0 Å². The first kappa shape index (κ1) is 28.2. The molecule has 2 N–H and O–H groups in total. The number of hydrogen-bond donors (Lipinski definition) is 2. The predicted octanol–water partition coefficient (Wildman–Crippen LogP) is 3.83. The zero-order chi connectivity index (χ0) is 27.4. The van der Waals surface area contributed by atoms with Gasteiger partial charge in [0.15, 0.2) is 0 Å². The molecule has 0 bridgehead atoms. The van der Waals surface area contributed by atoms with Crippen molar-refractivity contribution >= 4 is 37.3 Å². The maximum atomic E-state index is 13.6. The van der Waals surface area contributed by atoms with Crippen LogP contribution in [0.2, 0.25) is 0 Å². The van der Waals surface area contributed by atoms with E-state index in [0.29, 0.717) is 5.69 Å². The molecule has 0 aliphatic heterocycles. The highest BCUT2D eigenvalue weighted by Crippen LogP contribution is 2.29. The van der Waals surface area contributed by atoms with Gasteiger partial charge in [-0.3, -0.25) is 9.10 Å². The van der Waals surface area contributed by atoms with Crippen LogP contribution in [-0.4, -0.2) is 42.4 Å². The lowest BCUT2D eigenvalue weighted by Crippen LogP contribution is -2.38. The number of amides is 1. The molecule has 0 fully saturated rings. The topological polar surface area (TPSA) is 122 Å². The summed E-state index contributed by atoms with van der Waals surface area (Å²) in [6.45, 7) is 6.50. The average molecular weight is 546 g/mol. The molecule has 3 aromatic carbocycles. The number of hydrogen-bond acceptors (Lipinski definition) is 6. The summed E-state index contributed by atoms with van der Waals surface area (Å²) < 4.78 is 61.2. The van der Waals surface area contributed by atoms with Crippen LogP contribution in [0.4, 0.5) is 11.4 Å². The van der Waals surface area contributed by atoms with Gasteiger partial charge in [0.25, 0.3) is 10.0 Å². The number of nitrogens with zero attached hydrogens (tertiary/aromatic N) is 1. The third-order valence-electron chi connectivity index (χ3n) is 5.33. The highest BCUT2D eigenvalue weighted by molar-refractivity contribution is 7.92. The predicted molar refractivity (Wildman–Crippen MR) is 144 cm³/mol. The maximum absolute atomic E-state index is 13.6. The molecule has 3 rings (SSSR count). The molecule has 3 aromatic rings. The first-order valence-electron chi connectivity index (χ1n) is 11.5. The van der Waals surface area contributed by atoms with Crippen LogP contribution >= 0.6 is 0 Å². The quantitative estimate of drug-likeness (QED) is 0.399. The first-order chi connectivity index (χ1) is 17.3. The van der Waals surface area contributed by atoms with Crippen molar-refractivity contribution in [3.63, 3.8) is 0 Å². The Bertz CT molecular complexity index is 1480. The number of anilines is 2. The molecular formula is C26H31N3O6S2. The minimum atomic E-state index is -4.10. The molecule has 0 aromatic heterocycles. The number of nitrogens with one attached hydrogen (secondary N) is 2. The van der Waals surface area contributed by atoms with E-state index in [0.717, 1.165) is 15.4 Å². The van der Waals surface area contributed by atoms with Crippen LogP contribution in [0.5, 0.6) is 5.75 Å². The summed E-state index contributed by atoms with van der Waals surface area (Å²) in [7, 11) is -6.56. The van der Waals surface area contributed by atoms with Gasteiger partial charge in [0.2, 0.25) is 15.9 Å². The molecule has 11 heteroatoms. The van der Waals surface area contributed by atoms with Crippen molar-refractivity contribution in [1.29, 1.82) is 0 Å². The van der Waals surface area contributed by atoms with Crippen molar-refractivity contribution in [2.45, 2.75) is 43.5 Å². The SMILES string of the molecule is COc1ccc(S(=O)(=O)NC(C)C)cc1NC(=O)CN(c1cccc(C)c1)S(=O)(=O)c1ccc(C)cc1. The van der Waals surface area contributed by atoms with Crippen LogP contribution in [0.3, 0.4) is 0 Å². The number of benzene rings is 3. The largest absolute Gasteiger partial charge is 0.495 e. The number of carbonyl (C=O) groups is 1. The number of methoxy groups -OCH3 is 1. The zero-order valence-electron chi connectivity index (χ0n) is 21.3. The van der Waals surface area contributed by atoms with Gasteiger partial charge < -0.3 is 10.1 Å². The Labute approximate surface area is 218 Å². The minimum absolute atomic E-state index is 0.0397. The van der Waals surface area contributed by atoms with Crippen molar-refractivity contribution in [3.05, 3.63) is 77.9 Å². The summed E-state index contributed by atoms with van der Waals surface area (Å²) in [6.07, 6.45) is 0. The van der Waals surface area contributed by atoms with Crippen LogP contribution in [0.15, 0.2) is 76.5 Å². The Morgan fingerprint density at radius 2 is 1.54 bits per heavy atom. The second-order valence-corrected chi connectivity index (χ2v) is 12.4. The summed E-state index contributed by atoms with van der Waals surface area (Å²) in [5.74, 6) is -0.456. The lowest BCUT2D eigenvalue weighted by atomic mass is 10.2. The molecule has 0 saturated heterocycles. The van der Waals surface area contributed by atoms with Crippen LogP contribution in [0.1, 0.15) is 25.0 Å². The van der Waals surface area contributed by atoms with Crippen molar-refractivity contribution in [1.82, 2.24) is 4.72 Å². The molecule has 0 unspecified atom stereocenters. The Morgan fingerprint density at radius 3 is 2.14 bits per heavy atom. The molecule has 0 heterocycles. The fraction of sp³-hybridized carbons (Fsp3) is 0.269. The van der Waals surface area contributed by atoms with E-state index in [-0.39, 0.29) is 27.3 Å². The third-order valence-corrected chi connectivity index (χ3v) is 8.78. The van der Waals surface area contributed by atoms with Gasteiger partial charge in [0.1, 0.15) is 12.3 Å². The smallest absolute Gasteiger partial charge is 0.264 e. The molecule has 9 nitrogen and oxygen atoms in total. The summed E-state index contributed by atoms with van der Waals surface area (Å²) >= 11 is 0. The molecule has 37 heavy (non-hydrogen) atoms. The Balaban J connectivity index is 1.98. The highest BCUT2D eigenvalue weighted by atomic mass is 32.2. The number of rotatable bonds is 10. The first-order valence-corrected chi connectivity index (χ1v) is 14.4. The van der Waals surface area contributed by atoms with E-state index in [9.17, 15) is 21.6 Å². The molecule has 0 spiro atoms. The van der Waals surface area contributed by atoms with Crippen molar-refractivity contribution in [2.75, 3.05) is 23.3 Å². The second-order valence-electron chi connectivity index (χ2n) is 8.85. The van der Waals surface area contributed by atoms with Gasteiger partial charge in [0, 0.05) is 6.04 Å². The van der Waals surface area contributed by atoms with Gasteiger partial charge in [0.05, 0.1) is 28.3 Å². The van der Waals surface area contributed by atoms with Crippen molar-refractivity contribution in [3.8, 4) is 5.75 Å². The number of carbonyl (C=O) groups excluding carboxylic acids is 1. The van der Waals surface area contributed by atoms with Crippen molar-refractivity contribution < 1.29 is 26.4 Å². The normalized spacial score (nSPS) is 11.8. The molecule has 0 atom stereocenters. The van der Waals surface area contributed by atoms with E-state index < -0.39 is 32.5 Å². The van der Waals surface area contributed by atoms with E-state index in [1.54, 1.807) is 44.2 Å². The Kier molecular flexibility index (Phi) is 8.62. The lowest BCUT2D eigenvalue weighted by molar-refractivity contribution is -0.114. The van der Waals surface area contributed by atoms with E-state index in [1.165, 1.54) is 37.4 Å². The van der Waals surface area contributed by atoms with Gasteiger partial charge in [-0.25, -0.2) is 21.6 Å².